The van der Waals surface area contributed by atoms with E-state index in [2.05, 4.69) is 5.32 Å². The lowest BCUT2D eigenvalue weighted by atomic mass is 9.88. The second-order valence-corrected chi connectivity index (χ2v) is 4.66. The topological polar surface area (TPSA) is 47.3 Å². The minimum Gasteiger partial charge on any atom is -0.377 e. The molecule has 0 spiro atoms. The average molecular weight is 198 g/mol. The summed E-state index contributed by atoms with van der Waals surface area (Å²) in [6, 6.07) is 1.11. The first-order chi connectivity index (χ1) is 6.84. The zero-order valence-electron chi connectivity index (χ0n) is 8.87. The molecule has 0 unspecified atom stereocenters. The molecule has 3 heteroatoms. The van der Waals surface area contributed by atoms with Gasteiger partial charge in [-0.25, -0.2) is 0 Å². The summed E-state index contributed by atoms with van der Waals surface area (Å²) in [4.78, 5) is 0. The maximum absolute atomic E-state index is 5.76. The Morgan fingerprint density at radius 3 is 2.57 bits per heavy atom. The van der Waals surface area contributed by atoms with Crippen molar-refractivity contribution in [2.24, 2.45) is 5.73 Å². The summed E-state index contributed by atoms with van der Waals surface area (Å²) in [5, 5.41) is 3.47. The summed E-state index contributed by atoms with van der Waals surface area (Å²) in [7, 11) is 0. The third kappa shape index (κ3) is 2.94. The van der Waals surface area contributed by atoms with Crippen LogP contribution in [-0.2, 0) is 4.74 Å². The number of nitrogens with two attached hydrogens (primary N) is 1. The minimum absolute atomic E-state index is 0.447. The lowest BCUT2D eigenvalue weighted by Gasteiger charge is -2.33. The second-order valence-electron chi connectivity index (χ2n) is 4.66. The first-order valence-corrected chi connectivity index (χ1v) is 5.95. The highest BCUT2D eigenvalue weighted by atomic mass is 16.5. The first-order valence-electron chi connectivity index (χ1n) is 5.95. The minimum atomic E-state index is 0.447. The van der Waals surface area contributed by atoms with Crippen LogP contribution >= 0.6 is 0 Å². The van der Waals surface area contributed by atoms with Crippen molar-refractivity contribution in [1.29, 1.82) is 0 Å². The lowest BCUT2D eigenvalue weighted by molar-refractivity contribution is 0.0572. The fourth-order valence-electron chi connectivity index (χ4n) is 2.37. The standard InChI is InChI=1S/C11H22N2O/c12-9-7-10(8-9)13-5-6-14-11-3-1-2-4-11/h9-11,13H,1-8,12H2. The fourth-order valence-corrected chi connectivity index (χ4v) is 2.37. The van der Waals surface area contributed by atoms with Gasteiger partial charge < -0.3 is 15.8 Å². The Morgan fingerprint density at radius 1 is 1.21 bits per heavy atom. The molecule has 0 atom stereocenters. The van der Waals surface area contributed by atoms with Gasteiger partial charge in [0.1, 0.15) is 0 Å². The van der Waals surface area contributed by atoms with Crippen LogP contribution in [-0.4, -0.2) is 31.3 Å². The predicted octanol–water partition coefficient (Wildman–Crippen LogP) is 1.02. The van der Waals surface area contributed by atoms with Crippen LogP contribution in [0.5, 0.6) is 0 Å². The molecule has 3 N–H and O–H groups in total. The predicted molar refractivity (Wildman–Crippen MR) is 57.2 cm³/mol. The van der Waals surface area contributed by atoms with Crippen molar-refractivity contribution < 1.29 is 4.74 Å². The Kier molecular flexibility index (Phi) is 3.79. The quantitative estimate of drug-likeness (QED) is 0.649. The largest absolute Gasteiger partial charge is 0.377 e. The molecular formula is C11H22N2O. The summed E-state index contributed by atoms with van der Waals surface area (Å²) < 4.78 is 5.76. The van der Waals surface area contributed by atoms with E-state index in [4.69, 9.17) is 10.5 Å². The van der Waals surface area contributed by atoms with Crippen molar-refractivity contribution in [2.75, 3.05) is 13.2 Å². The molecule has 0 aromatic rings. The second kappa shape index (κ2) is 5.10. The van der Waals surface area contributed by atoms with Crippen molar-refractivity contribution in [1.82, 2.24) is 5.32 Å². The third-order valence-corrected chi connectivity index (χ3v) is 3.37. The van der Waals surface area contributed by atoms with Crippen LogP contribution < -0.4 is 11.1 Å². The van der Waals surface area contributed by atoms with Gasteiger partial charge in [0.05, 0.1) is 12.7 Å². The van der Waals surface area contributed by atoms with Crippen molar-refractivity contribution in [3.05, 3.63) is 0 Å². The van der Waals surface area contributed by atoms with Crippen LogP contribution in [0.1, 0.15) is 38.5 Å². The number of rotatable bonds is 5. The van der Waals surface area contributed by atoms with Gasteiger partial charge in [-0.2, -0.15) is 0 Å². The number of hydrogen-bond donors (Lipinski definition) is 2. The molecule has 2 rings (SSSR count). The smallest absolute Gasteiger partial charge is 0.0594 e. The monoisotopic (exact) mass is 198 g/mol. The van der Waals surface area contributed by atoms with E-state index in [-0.39, 0.29) is 0 Å². The highest BCUT2D eigenvalue weighted by Crippen LogP contribution is 2.20. The molecule has 2 aliphatic rings. The van der Waals surface area contributed by atoms with E-state index in [1.807, 2.05) is 0 Å². The molecule has 0 aromatic heterocycles. The van der Waals surface area contributed by atoms with E-state index >= 15 is 0 Å². The van der Waals surface area contributed by atoms with E-state index in [0.717, 1.165) is 26.0 Å². The molecule has 0 heterocycles. The highest BCUT2D eigenvalue weighted by Gasteiger charge is 2.24. The van der Waals surface area contributed by atoms with Gasteiger partial charge >= 0.3 is 0 Å². The zero-order valence-corrected chi connectivity index (χ0v) is 8.87. The van der Waals surface area contributed by atoms with Gasteiger partial charge in [-0.15, -0.1) is 0 Å². The van der Waals surface area contributed by atoms with E-state index in [9.17, 15) is 0 Å². The maximum atomic E-state index is 5.76. The molecule has 0 bridgehead atoms. The SMILES string of the molecule is NC1CC(NCCOC2CCCC2)C1. The molecule has 2 saturated carbocycles. The van der Waals surface area contributed by atoms with E-state index in [1.54, 1.807) is 0 Å². The van der Waals surface area contributed by atoms with Gasteiger partial charge in [0.25, 0.3) is 0 Å². The van der Waals surface area contributed by atoms with Crippen molar-refractivity contribution >= 4 is 0 Å². The average Bonchev–Trinajstić information content (AvgIpc) is 2.61. The van der Waals surface area contributed by atoms with Gasteiger partial charge in [-0.05, 0) is 25.7 Å². The molecule has 3 nitrogen and oxygen atoms in total. The molecule has 14 heavy (non-hydrogen) atoms. The summed E-state index contributed by atoms with van der Waals surface area (Å²) in [5.74, 6) is 0. The van der Waals surface area contributed by atoms with Crippen LogP contribution in [0.2, 0.25) is 0 Å². The molecule has 0 amide bonds. The van der Waals surface area contributed by atoms with E-state index in [1.165, 1.54) is 25.7 Å². The van der Waals surface area contributed by atoms with E-state index in [0.29, 0.717) is 18.2 Å². The van der Waals surface area contributed by atoms with Crippen LogP contribution in [0.3, 0.4) is 0 Å². The Balaban J connectivity index is 1.43. The zero-order chi connectivity index (χ0) is 9.80. The molecule has 0 saturated heterocycles. The van der Waals surface area contributed by atoms with Gasteiger partial charge in [0, 0.05) is 18.6 Å². The normalized spacial score (nSPS) is 33.2. The Morgan fingerprint density at radius 2 is 1.93 bits per heavy atom. The summed E-state index contributed by atoms with van der Waals surface area (Å²) in [5.41, 5.74) is 5.70. The maximum Gasteiger partial charge on any atom is 0.0594 e. The van der Waals surface area contributed by atoms with Gasteiger partial charge in [-0.3, -0.25) is 0 Å². The molecule has 2 fully saturated rings. The van der Waals surface area contributed by atoms with E-state index < -0.39 is 0 Å². The molecular weight excluding hydrogens is 176 g/mol. The van der Waals surface area contributed by atoms with Crippen molar-refractivity contribution in [3.63, 3.8) is 0 Å². The number of nitrogens with one attached hydrogen (secondary N) is 1. The van der Waals surface area contributed by atoms with Crippen LogP contribution in [0.15, 0.2) is 0 Å². The van der Waals surface area contributed by atoms with Gasteiger partial charge in [-0.1, -0.05) is 12.8 Å². The Hall–Kier alpha value is -0.120. The molecule has 2 aliphatic carbocycles. The van der Waals surface area contributed by atoms with Crippen molar-refractivity contribution in [2.45, 2.75) is 56.7 Å². The Labute approximate surface area is 86.4 Å². The molecule has 0 aliphatic heterocycles. The number of hydrogen-bond acceptors (Lipinski definition) is 3. The van der Waals surface area contributed by atoms with Gasteiger partial charge in [0.15, 0.2) is 0 Å². The van der Waals surface area contributed by atoms with Gasteiger partial charge in [0.2, 0.25) is 0 Å². The first kappa shape index (κ1) is 10.4. The summed E-state index contributed by atoms with van der Waals surface area (Å²) in [6.07, 6.45) is 8.10. The molecule has 82 valence electrons. The summed E-state index contributed by atoms with van der Waals surface area (Å²) in [6.45, 7) is 1.87. The number of ether oxygens (including phenoxy) is 1. The van der Waals surface area contributed by atoms with Crippen LogP contribution in [0.25, 0.3) is 0 Å². The van der Waals surface area contributed by atoms with Crippen LogP contribution in [0, 0.1) is 0 Å². The summed E-state index contributed by atoms with van der Waals surface area (Å²) >= 11 is 0. The Bertz CT molecular complexity index is 163. The third-order valence-electron chi connectivity index (χ3n) is 3.37. The van der Waals surface area contributed by atoms with Crippen LogP contribution in [0.4, 0.5) is 0 Å². The molecule has 0 radical (unpaired) electrons. The van der Waals surface area contributed by atoms with Crippen molar-refractivity contribution in [3.8, 4) is 0 Å². The fraction of sp³-hybridized carbons (Fsp3) is 1.00. The lowest BCUT2D eigenvalue weighted by Crippen LogP contribution is -2.49. The molecule has 0 aromatic carbocycles. The highest BCUT2D eigenvalue weighted by molar-refractivity contribution is 4.87.